The zero-order chi connectivity index (χ0) is 17.5. The fourth-order valence-corrected chi connectivity index (χ4v) is 2.67. The normalized spacial score (nSPS) is 10.5. The molecule has 24 heavy (non-hydrogen) atoms. The van der Waals surface area contributed by atoms with Gasteiger partial charge in [-0.2, -0.15) is 0 Å². The van der Waals surface area contributed by atoms with Crippen molar-refractivity contribution in [3.8, 4) is 5.75 Å². The van der Waals surface area contributed by atoms with Gasteiger partial charge in [-0.3, -0.25) is 4.79 Å². The number of rotatable bonds is 14. The molecule has 0 atom stereocenters. The first-order chi connectivity index (χ1) is 11.7. The molecule has 1 amide bonds. The Labute approximate surface area is 147 Å². The minimum atomic E-state index is 0.144. The summed E-state index contributed by atoms with van der Waals surface area (Å²) in [5.74, 6) is 0.403. The SMILES string of the molecule is CCCCCCCCCCCC(=O)NCCNc1ccc(O)cc1. The fraction of sp³-hybridized carbons (Fsp3) is 0.650. The Balaban J connectivity index is 1.88. The van der Waals surface area contributed by atoms with Crippen molar-refractivity contribution in [2.75, 3.05) is 18.4 Å². The van der Waals surface area contributed by atoms with Crippen LogP contribution in [0.2, 0.25) is 0 Å². The van der Waals surface area contributed by atoms with E-state index in [-0.39, 0.29) is 11.7 Å². The Hall–Kier alpha value is -1.71. The van der Waals surface area contributed by atoms with Crippen LogP contribution in [-0.4, -0.2) is 24.1 Å². The minimum absolute atomic E-state index is 0.144. The maximum absolute atomic E-state index is 11.7. The van der Waals surface area contributed by atoms with Crippen LogP contribution in [0.3, 0.4) is 0 Å². The van der Waals surface area contributed by atoms with Gasteiger partial charge in [0, 0.05) is 25.2 Å². The van der Waals surface area contributed by atoms with Crippen LogP contribution in [0.1, 0.15) is 71.1 Å². The monoisotopic (exact) mass is 334 g/mol. The van der Waals surface area contributed by atoms with Crippen molar-refractivity contribution in [1.29, 1.82) is 0 Å². The van der Waals surface area contributed by atoms with Gasteiger partial charge in [0.2, 0.25) is 5.91 Å². The first kappa shape index (κ1) is 20.3. The Morgan fingerprint density at radius 1 is 0.875 bits per heavy atom. The second-order valence-corrected chi connectivity index (χ2v) is 6.40. The van der Waals surface area contributed by atoms with Gasteiger partial charge in [-0.15, -0.1) is 0 Å². The van der Waals surface area contributed by atoms with Crippen LogP contribution in [0.15, 0.2) is 24.3 Å². The summed E-state index contributed by atoms with van der Waals surface area (Å²) in [5, 5.41) is 15.3. The molecular formula is C20H34N2O2. The third-order valence-electron chi connectivity index (χ3n) is 4.15. The molecule has 0 spiro atoms. The van der Waals surface area contributed by atoms with Crippen molar-refractivity contribution in [3.05, 3.63) is 24.3 Å². The van der Waals surface area contributed by atoms with E-state index in [0.717, 1.165) is 18.5 Å². The molecule has 4 nitrogen and oxygen atoms in total. The van der Waals surface area contributed by atoms with E-state index in [1.165, 1.54) is 44.9 Å². The number of carbonyl (C=O) groups is 1. The molecule has 1 aromatic rings. The molecule has 0 aliphatic rings. The minimum Gasteiger partial charge on any atom is -0.508 e. The molecule has 1 aromatic carbocycles. The van der Waals surface area contributed by atoms with Gasteiger partial charge in [0.25, 0.3) is 0 Å². The van der Waals surface area contributed by atoms with Gasteiger partial charge in [-0.25, -0.2) is 0 Å². The lowest BCUT2D eigenvalue weighted by atomic mass is 10.1. The van der Waals surface area contributed by atoms with Gasteiger partial charge in [-0.1, -0.05) is 58.3 Å². The molecule has 3 N–H and O–H groups in total. The third kappa shape index (κ3) is 10.9. The van der Waals surface area contributed by atoms with E-state index in [2.05, 4.69) is 17.6 Å². The fourth-order valence-electron chi connectivity index (χ4n) is 2.67. The van der Waals surface area contributed by atoms with Crippen LogP contribution in [0.4, 0.5) is 5.69 Å². The Morgan fingerprint density at radius 3 is 2.08 bits per heavy atom. The van der Waals surface area contributed by atoms with Crippen LogP contribution in [-0.2, 0) is 4.79 Å². The van der Waals surface area contributed by atoms with Gasteiger partial charge < -0.3 is 15.7 Å². The molecule has 0 saturated carbocycles. The van der Waals surface area contributed by atoms with E-state index in [4.69, 9.17) is 0 Å². The maximum Gasteiger partial charge on any atom is 0.220 e. The Kier molecular flexibility index (Phi) is 11.6. The van der Waals surface area contributed by atoms with Gasteiger partial charge in [0.15, 0.2) is 0 Å². The van der Waals surface area contributed by atoms with E-state index in [0.29, 0.717) is 19.5 Å². The number of amides is 1. The maximum atomic E-state index is 11.7. The molecule has 0 bridgehead atoms. The molecule has 0 saturated heterocycles. The standard InChI is InChI=1S/C20H34N2O2/c1-2-3-4-5-6-7-8-9-10-11-20(24)22-17-16-21-18-12-14-19(23)15-13-18/h12-15,21,23H,2-11,16-17H2,1H3,(H,22,24). The number of hydrogen-bond donors (Lipinski definition) is 3. The molecular weight excluding hydrogens is 300 g/mol. The van der Waals surface area contributed by atoms with Gasteiger partial charge >= 0.3 is 0 Å². The quantitative estimate of drug-likeness (QED) is 0.337. The lowest BCUT2D eigenvalue weighted by molar-refractivity contribution is -0.121. The highest BCUT2D eigenvalue weighted by molar-refractivity contribution is 5.75. The Bertz CT molecular complexity index is 432. The van der Waals surface area contributed by atoms with Gasteiger partial charge in [0.05, 0.1) is 0 Å². The lowest BCUT2D eigenvalue weighted by Crippen LogP contribution is -2.28. The predicted molar refractivity (Wildman–Crippen MR) is 101 cm³/mol. The second kappa shape index (κ2) is 13.7. The first-order valence-electron chi connectivity index (χ1n) is 9.52. The number of anilines is 1. The molecule has 0 aliphatic carbocycles. The summed E-state index contributed by atoms with van der Waals surface area (Å²) in [7, 11) is 0. The van der Waals surface area contributed by atoms with Crippen molar-refractivity contribution in [2.24, 2.45) is 0 Å². The number of carbonyl (C=O) groups excluding carboxylic acids is 1. The van der Waals surface area contributed by atoms with E-state index >= 15 is 0 Å². The second-order valence-electron chi connectivity index (χ2n) is 6.40. The molecule has 0 heterocycles. The number of benzene rings is 1. The third-order valence-corrected chi connectivity index (χ3v) is 4.15. The average Bonchev–Trinajstić information content (AvgIpc) is 2.59. The molecule has 136 valence electrons. The van der Waals surface area contributed by atoms with Crippen LogP contribution in [0.5, 0.6) is 5.75 Å². The molecule has 1 rings (SSSR count). The zero-order valence-electron chi connectivity index (χ0n) is 15.2. The summed E-state index contributed by atoms with van der Waals surface area (Å²) in [6, 6.07) is 6.92. The highest BCUT2D eigenvalue weighted by Crippen LogP contribution is 2.13. The highest BCUT2D eigenvalue weighted by Gasteiger charge is 2.00. The van der Waals surface area contributed by atoms with Crippen molar-refractivity contribution in [1.82, 2.24) is 5.32 Å². The molecule has 0 unspecified atom stereocenters. The van der Waals surface area contributed by atoms with Crippen LogP contribution in [0, 0.1) is 0 Å². The molecule has 0 fully saturated rings. The zero-order valence-corrected chi connectivity index (χ0v) is 15.2. The van der Waals surface area contributed by atoms with E-state index < -0.39 is 0 Å². The number of unbranched alkanes of at least 4 members (excludes halogenated alkanes) is 8. The number of aromatic hydroxyl groups is 1. The lowest BCUT2D eigenvalue weighted by Gasteiger charge is -2.08. The van der Waals surface area contributed by atoms with Crippen molar-refractivity contribution in [2.45, 2.75) is 71.1 Å². The summed E-state index contributed by atoms with van der Waals surface area (Å²) in [6.07, 6.45) is 12.1. The summed E-state index contributed by atoms with van der Waals surface area (Å²) in [4.78, 5) is 11.7. The van der Waals surface area contributed by atoms with Crippen LogP contribution < -0.4 is 10.6 Å². The number of phenols is 1. The van der Waals surface area contributed by atoms with E-state index in [1.54, 1.807) is 12.1 Å². The van der Waals surface area contributed by atoms with E-state index in [9.17, 15) is 9.90 Å². The largest absolute Gasteiger partial charge is 0.508 e. The summed E-state index contributed by atoms with van der Waals surface area (Å²) >= 11 is 0. The number of phenolic OH excluding ortho intramolecular Hbond substituents is 1. The smallest absolute Gasteiger partial charge is 0.220 e. The summed E-state index contributed by atoms with van der Waals surface area (Å²) < 4.78 is 0. The van der Waals surface area contributed by atoms with Gasteiger partial charge in [-0.05, 0) is 30.7 Å². The molecule has 0 aliphatic heterocycles. The van der Waals surface area contributed by atoms with E-state index in [1.807, 2.05) is 12.1 Å². The molecule has 0 aromatic heterocycles. The highest BCUT2D eigenvalue weighted by atomic mass is 16.3. The first-order valence-corrected chi connectivity index (χ1v) is 9.52. The van der Waals surface area contributed by atoms with Crippen molar-refractivity contribution >= 4 is 11.6 Å². The number of nitrogens with one attached hydrogen (secondary N) is 2. The average molecular weight is 335 g/mol. The summed E-state index contributed by atoms with van der Waals surface area (Å²) in [6.45, 7) is 3.56. The summed E-state index contributed by atoms with van der Waals surface area (Å²) in [5.41, 5.74) is 0.945. The Morgan fingerprint density at radius 2 is 1.46 bits per heavy atom. The van der Waals surface area contributed by atoms with Crippen molar-refractivity contribution in [3.63, 3.8) is 0 Å². The predicted octanol–water partition coefficient (Wildman–Crippen LogP) is 4.84. The topological polar surface area (TPSA) is 61.4 Å². The van der Waals surface area contributed by atoms with Crippen LogP contribution in [0.25, 0.3) is 0 Å². The van der Waals surface area contributed by atoms with Crippen molar-refractivity contribution < 1.29 is 9.90 Å². The van der Waals surface area contributed by atoms with Crippen LogP contribution >= 0.6 is 0 Å². The molecule has 4 heteroatoms. The van der Waals surface area contributed by atoms with Gasteiger partial charge in [0.1, 0.15) is 5.75 Å². The number of hydrogen-bond acceptors (Lipinski definition) is 3. The molecule has 0 radical (unpaired) electrons.